The molecule has 68 valence electrons. The van der Waals surface area contributed by atoms with Crippen LogP contribution in [0.4, 0.5) is 0 Å². The van der Waals surface area contributed by atoms with Crippen LogP contribution in [0.25, 0.3) is 10.9 Å². The Hall–Kier alpha value is -1.71. The molecule has 0 saturated carbocycles. The van der Waals surface area contributed by atoms with Crippen molar-refractivity contribution >= 4 is 10.9 Å². The van der Waals surface area contributed by atoms with Crippen molar-refractivity contribution in [2.45, 2.75) is 0 Å². The molecule has 1 aromatic carbocycles. The molecule has 13 heavy (non-hydrogen) atoms. The molecule has 0 N–H and O–H groups in total. The molecule has 2 rings (SSSR count). The minimum Gasteiger partial charge on any atom is -0.494 e. The molecule has 0 aliphatic heterocycles. The van der Waals surface area contributed by atoms with E-state index in [1.165, 1.54) is 0 Å². The maximum absolute atomic E-state index is 5.11. The van der Waals surface area contributed by atoms with E-state index < -0.39 is 0 Å². The summed E-state index contributed by atoms with van der Waals surface area (Å²) < 4.78 is 15.0. The molecule has 2 aromatic rings. The van der Waals surface area contributed by atoms with Crippen LogP contribution in [0, 0.1) is 0 Å². The standard InChI is InChI=1S/C9H9NO3/c1-11-7-5-3-4-6-8(7)10-13-9(6)12-2/h3-5H,1-2H3. The number of benzene rings is 1. The van der Waals surface area contributed by atoms with Crippen molar-refractivity contribution in [3.05, 3.63) is 18.2 Å². The van der Waals surface area contributed by atoms with Gasteiger partial charge in [-0.05, 0) is 12.1 Å². The molecule has 4 heteroatoms. The van der Waals surface area contributed by atoms with E-state index in [1.807, 2.05) is 18.2 Å². The second kappa shape index (κ2) is 2.97. The predicted molar refractivity (Wildman–Crippen MR) is 47.1 cm³/mol. The average molecular weight is 179 g/mol. The van der Waals surface area contributed by atoms with Crippen LogP contribution in [0.3, 0.4) is 0 Å². The fourth-order valence-corrected chi connectivity index (χ4v) is 1.23. The van der Waals surface area contributed by atoms with E-state index in [1.54, 1.807) is 14.2 Å². The van der Waals surface area contributed by atoms with Gasteiger partial charge in [-0.3, -0.25) is 0 Å². The first-order valence-corrected chi connectivity index (χ1v) is 3.83. The summed E-state index contributed by atoms with van der Waals surface area (Å²) in [5.74, 6) is 1.10. The van der Waals surface area contributed by atoms with Crippen molar-refractivity contribution in [2.24, 2.45) is 0 Å². The molecular weight excluding hydrogens is 170 g/mol. The Bertz CT molecular complexity index is 422. The van der Waals surface area contributed by atoms with Crippen LogP contribution in [0.15, 0.2) is 22.7 Å². The van der Waals surface area contributed by atoms with Gasteiger partial charge in [0.2, 0.25) is 0 Å². The molecule has 1 aromatic heterocycles. The van der Waals surface area contributed by atoms with E-state index in [4.69, 9.17) is 14.0 Å². The molecule has 0 saturated heterocycles. The minimum absolute atomic E-state index is 0.411. The van der Waals surface area contributed by atoms with Gasteiger partial charge in [0.25, 0.3) is 0 Å². The Morgan fingerprint density at radius 3 is 2.77 bits per heavy atom. The van der Waals surface area contributed by atoms with Crippen LogP contribution in [-0.4, -0.2) is 19.4 Å². The summed E-state index contributed by atoms with van der Waals surface area (Å²) in [4.78, 5) is 0. The second-order valence-electron chi connectivity index (χ2n) is 2.53. The van der Waals surface area contributed by atoms with Gasteiger partial charge in [0, 0.05) is 0 Å². The Kier molecular flexibility index (Phi) is 1.81. The topological polar surface area (TPSA) is 44.5 Å². The zero-order valence-corrected chi connectivity index (χ0v) is 7.40. The van der Waals surface area contributed by atoms with Gasteiger partial charge in [-0.1, -0.05) is 11.2 Å². The molecule has 0 spiro atoms. The van der Waals surface area contributed by atoms with Crippen LogP contribution in [0.5, 0.6) is 11.7 Å². The smallest absolute Gasteiger partial charge is 0.319 e. The van der Waals surface area contributed by atoms with Crippen molar-refractivity contribution in [3.8, 4) is 11.7 Å². The number of nitrogens with zero attached hydrogens (tertiary/aromatic N) is 1. The highest BCUT2D eigenvalue weighted by molar-refractivity contribution is 5.87. The number of hydrogen-bond acceptors (Lipinski definition) is 4. The van der Waals surface area contributed by atoms with Gasteiger partial charge in [-0.15, -0.1) is 0 Å². The highest BCUT2D eigenvalue weighted by atomic mass is 16.6. The number of hydrogen-bond donors (Lipinski definition) is 0. The summed E-state index contributed by atoms with van der Waals surface area (Å²) in [6, 6.07) is 5.55. The summed E-state index contributed by atoms with van der Waals surface area (Å²) in [5.41, 5.74) is 0.682. The van der Waals surface area contributed by atoms with Gasteiger partial charge in [0.1, 0.15) is 5.75 Å². The number of ether oxygens (including phenoxy) is 2. The summed E-state index contributed by atoms with van der Waals surface area (Å²) in [7, 11) is 3.13. The molecule has 1 heterocycles. The third kappa shape index (κ3) is 1.11. The summed E-state index contributed by atoms with van der Waals surface area (Å²) in [6.45, 7) is 0. The fourth-order valence-electron chi connectivity index (χ4n) is 1.23. The van der Waals surface area contributed by atoms with E-state index in [0.29, 0.717) is 17.2 Å². The van der Waals surface area contributed by atoms with Crippen molar-refractivity contribution < 1.29 is 14.0 Å². The Morgan fingerprint density at radius 2 is 2.08 bits per heavy atom. The lowest BCUT2D eigenvalue weighted by molar-refractivity contribution is 0.265. The predicted octanol–water partition coefficient (Wildman–Crippen LogP) is 1.84. The zero-order valence-electron chi connectivity index (χ0n) is 7.40. The molecule has 0 amide bonds. The monoisotopic (exact) mass is 179 g/mol. The van der Waals surface area contributed by atoms with Crippen LogP contribution in [0.2, 0.25) is 0 Å². The van der Waals surface area contributed by atoms with E-state index in [-0.39, 0.29) is 0 Å². The van der Waals surface area contributed by atoms with Crippen molar-refractivity contribution in [2.75, 3.05) is 14.2 Å². The fraction of sp³-hybridized carbons (Fsp3) is 0.222. The largest absolute Gasteiger partial charge is 0.494 e. The molecule has 0 unspecified atom stereocenters. The Balaban J connectivity index is 2.72. The van der Waals surface area contributed by atoms with E-state index in [0.717, 1.165) is 5.39 Å². The third-order valence-corrected chi connectivity index (χ3v) is 1.84. The maximum atomic E-state index is 5.11. The number of rotatable bonds is 2. The van der Waals surface area contributed by atoms with Crippen molar-refractivity contribution in [3.63, 3.8) is 0 Å². The Morgan fingerprint density at radius 1 is 1.23 bits per heavy atom. The van der Waals surface area contributed by atoms with E-state index in [2.05, 4.69) is 5.16 Å². The number of methoxy groups -OCH3 is 2. The second-order valence-corrected chi connectivity index (χ2v) is 2.53. The van der Waals surface area contributed by atoms with Crippen LogP contribution in [0.1, 0.15) is 0 Å². The lowest BCUT2D eigenvalue weighted by atomic mass is 10.2. The summed E-state index contributed by atoms with van der Waals surface area (Å²) >= 11 is 0. The number of fused-ring (bicyclic) bond motifs is 1. The van der Waals surface area contributed by atoms with E-state index in [9.17, 15) is 0 Å². The molecular formula is C9H9NO3. The van der Waals surface area contributed by atoms with Crippen LogP contribution in [-0.2, 0) is 0 Å². The highest BCUT2D eigenvalue weighted by Crippen LogP contribution is 2.30. The molecule has 0 aliphatic rings. The molecule has 0 bridgehead atoms. The highest BCUT2D eigenvalue weighted by Gasteiger charge is 2.11. The summed E-state index contributed by atoms with van der Waals surface area (Å²) in [6.07, 6.45) is 0. The van der Waals surface area contributed by atoms with Gasteiger partial charge in [-0.2, -0.15) is 0 Å². The van der Waals surface area contributed by atoms with Crippen LogP contribution < -0.4 is 9.47 Å². The van der Waals surface area contributed by atoms with Gasteiger partial charge < -0.3 is 14.0 Å². The molecule has 0 radical (unpaired) electrons. The quantitative estimate of drug-likeness (QED) is 0.705. The van der Waals surface area contributed by atoms with Gasteiger partial charge >= 0.3 is 5.95 Å². The van der Waals surface area contributed by atoms with Gasteiger partial charge in [-0.25, -0.2) is 0 Å². The molecule has 0 aliphatic carbocycles. The average Bonchev–Trinajstić information content (AvgIpc) is 2.60. The lowest BCUT2D eigenvalue weighted by Crippen LogP contribution is -1.83. The first kappa shape index (κ1) is 7.91. The normalized spacial score (nSPS) is 10.3. The number of aromatic nitrogens is 1. The molecule has 4 nitrogen and oxygen atoms in total. The first-order chi connectivity index (χ1) is 6.36. The molecule has 0 atom stereocenters. The minimum atomic E-state index is 0.411. The molecule has 0 fully saturated rings. The lowest BCUT2D eigenvalue weighted by Gasteiger charge is -1.97. The van der Waals surface area contributed by atoms with Crippen molar-refractivity contribution in [1.82, 2.24) is 5.16 Å². The Labute approximate surface area is 75.0 Å². The van der Waals surface area contributed by atoms with Crippen molar-refractivity contribution in [1.29, 1.82) is 0 Å². The van der Waals surface area contributed by atoms with Gasteiger partial charge in [0.15, 0.2) is 5.52 Å². The van der Waals surface area contributed by atoms with Gasteiger partial charge in [0.05, 0.1) is 19.6 Å². The maximum Gasteiger partial charge on any atom is 0.319 e. The van der Waals surface area contributed by atoms with E-state index >= 15 is 0 Å². The third-order valence-electron chi connectivity index (χ3n) is 1.84. The zero-order chi connectivity index (χ0) is 9.26. The SMILES string of the molecule is COc1onc2c(OC)cccc12. The van der Waals surface area contributed by atoms with Crippen LogP contribution >= 0.6 is 0 Å². The first-order valence-electron chi connectivity index (χ1n) is 3.83. The summed E-state index contributed by atoms with van der Waals surface area (Å²) in [5, 5.41) is 4.66.